The van der Waals surface area contributed by atoms with Crippen LogP contribution in [-0.4, -0.2) is 0 Å². The van der Waals surface area contributed by atoms with E-state index < -0.39 is 0 Å². The summed E-state index contributed by atoms with van der Waals surface area (Å²) in [4.78, 5) is 0. The fraction of sp³-hybridized carbons (Fsp3) is 0.300. The van der Waals surface area contributed by atoms with Crippen molar-refractivity contribution >= 4 is 5.57 Å². The Morgan fingerprint density at radius 3 is 1.95 bits per heavy atom. The molecule has 0 radical (unpaired) electrons. The van der Waals surface area contributed by atoms with E-state index in [0.717, 1.165) is 0 Å². The van der Waals surface area contributed by atoms with Gasteiger partial charge in [0.15, 0.2) is 0 Å². The third-order valence-corrected chi connectivity index (χ3v) is 4.12. The predicted octanol–water partition coefficient (Wildman–Crippen LogP) is 5.74. The summed E-state index contributed by atoms with van der Waals surface area (Å²) >= 11 is 0. The summed E-state index contributed by atoms with van der Waals surface area (Å²) in [6.07, 6.45) is 2.40. The van der Waals surface area contributed by atoms with Crippen molar-refractivity contribution in [2.45, 2.75) is 40.0 Å². The standard InChI is InChI=1S/C18H18.C2H6/c1-13-8-4-6-10-16(13)18(3)12-14(2)15-9-5-7-11-17(15)18;1-2/h4-12H,1-3H3;1-2H3. The molecule has 0 spiro atoms. The summed E-state index contributed by atoms with van der Waals surface area (Å²) in [6.45, 7) is 10.7. The average Bonchev–Trinajstić information content (AvgIpc) is 2.75. The first-order chi connectivity index (χ1) is 9.63. The van der Waals surface area contributed by atoms with Crippen LogP contribution in [0.3, 0.4) is 0 Å². The van der Waals surface area contributed by atoms with E-state index in [1.54, 1.807) is 0 Å². The molecule has 104 valence electrons. The van der Waals surface area contributed by atoms with Gasteiger partial charge in [-0.2, -0.15) is 0 Å². The van der Waals surface area contributed by atoms with E-state index >= 15 is 0 Å². The smallest absolute Gasteiger partial charge is 0.0368 e. The van der Waals surface area contributed by atoms with Gasteiger partial charge in [-0.25, -0.2) is 0 Å². The van der Waals surface area contributed by atoms with Crippen molar-refractivity contribution in [2.75, 3.05) is 0 Å². The molecule has 1 aliphatic carbocycles. The first-order valence-electron chi connectivity index (χ1n) is 7.48. The molecule has 3 rings (SSSR count). The zero-order valence-electron chi connectivity index (χ0n) is 13.2. The first-order valence-corrected chi connectivity index (χ1v) is 7.48. The van der Waals surface area contributed by atoms with Crippen LogP contribution in [-0.2, 0) is 5.41 Å². The van der Waals surface area contributed by atoms with Crippen LogP contribution in [0, 0.1) is 6.92 Å². The Bertz CT molecular complexity index is 634. The Morgan fingerprint density at radius 2 is 1.30 bits per heavy atom. The predicted molar refractivity (Wildman–Crippen MR) is 89.1 cm³/mol. The Hall–Kier alpha value is -1.82. The van der Waals surface area contributed by atoms with Gasteiger partial charge in [0.25, 0.3) is 0 Å². The van der Waals surface area contributed by atoms with E-state index in [1.165, 1.54) is 27.8 Å². The minimum Gasteiger partial charge on any atom is -0.0683 e. The third-order valence-electron chi connectivity index (χ3n) is 4.12. The van der Waals surface area contributed by atoms with Crippen LogP contribution in [0.2, 0.25) is 0 Å². The summed E-state index contributed by atoms with van der Waals surface area (Å²) < 4.78 is 0. The normalized spacial score (nSPS) is 19.8. The lowest BCUT2D eigenvalue weighted by atomic mass is 9.76. The van der Waals surface area contributed by atoms with Crippen LogP contribution >= 0.6 is 0 Å². The van der Waals surface area contributed by atoms with Gasteiger partial charge in [0.2, 0.25) is 0 Å². The molecule has 0 bridgehead atoms. The fourth-order valence-electron chi connectivity index (χ4n) is 3.25. The zero-order chi connectivity index (χ0) is 14.8. The van der Waals surface area contributed by atoms with Gasteiger partial charge < -0.3 is 0 Å². The molecule has 1 aliphatic rings. The fourth-order valence-corrected chi connectivity index (χ4v) is 3.25. The van der Waals surface area contributed by atoms with Gasteiger partial charge >= 0.3 is 0 Å². The maximum absolute atomic E-state index is 2.40. The quantitative estimate of drug-likeness (QED) is 0.615. The molecule has 1 unspecified atom stereocenters. The molecule has 0 saturated carbocycles. The molecule has 0 nitrogen and oxygen atoms in total. The highest BCUT2D eigenvalue weighted by Crippen LogP contribution is 2.45. The maximum Gasteiger partial charge on any atom is 0.0368 e. The van der Waals surface area contributed by atoms with Gasteiger partial charge in [0.1, 0.15) is 0 Å². The summed E-state index contributed by atoms with van der Waals surface area (Å²) in [7, 11) is 0. The van der Waals surface area contributed by atoms with Crippen molar-refractivity contribution in [1.29, 1.82) is 0 Å². The Balaban J connectivity index is 0.000000704. The SMILES string of the molecule is CC.CC1=CC(C)(c2ccccc2C)c2ccccc21. The molecule has 0 amide bonds. The lowest BCUT2D eigenvalue weighted by Crippen LogP contribution is -2.20. The molecule has 0 fully saturated rings. The van der Waals surface area contributed by atoms with Crippen LogP contribution in [0.1, 0.15) is 49.9 Å². The van der Waals surface area contributed by atoms with Crippen molar-refractivity contribution in [3.8, 4) is 0 Å². The second-order valence-corrected chi connectivity index (χ2v) is 5.39. The summed E-state index contributed by atoms with van der Waals surface area (Å²) in [5.41, 5.74) is 7.00. The van der Waals surface area contributed by atoms with Gasteiger partial charge in [0.05, 0.1) is 0 Å². The van der Waals surface area contributed by atoms with Crippen LogP contribution < -0.4 is 0 Å². The van der Waals surface area contributed by atoms with E-state index in [0.29, 0.717) is 0 Å². The molecule has 2 aromatic carbocycles. The molecule has 0 aliphatic heterocycles. The number of hydrogen-bond acceptors (Lipinski definition) is 0. The minimum atomic E-state index is 0.0199. The van der Waals surface area contributed by atoms with Crippen molar-refractivity contribution in [1.82, 2.24) is 0 Å². The van der Waals surface area contributed by atoms with Gasteiger partial charge in [0, 0.05) is 5.41 Å². The second kappa shape index (κ2) is 5.66. The highest BCUT2D eigenvalue weighted by Gasteiger charge is 2.34. The topological polar surface area (TPSA) is 0 Å². The molecule has 1 atom stereocenters. The zero-order valence-corrected chi connectivity index (χ0v) is 13.2. The number of hydrogen-bond donors (Lipinski definition) is 0. The summed E-state index contributed by atoms with van der Waals surface area (Å²) in [6, 6.07) is 17.4. The van der Waals surface area contributed by atoms with E-state index in [-0.39, 0.29) is 5.41 Å². The summed E-state index contributed by atoms with van der Waals surface area (Å²) in [5, 5.41) is 0. The van der Waals surface area contributed by atoms with Crippen LogP contribution in [0.4, 0.5) is 0 Å². The monoisotopic (exact) mass is 264 g/mol. The lowest BCUT2D eigenvalue weighted by molar-refractivity contribution is 0.731. The number of benzene rings is 2. The third kappa shape index (κ3) is 2.20. The van der Waals surface area contributed by atoms with Crippen molar-refractivity contribution in [3.63, 3.8) is 0 Å². The maximum atomic E-state index is 2.40. The van der Waals surface area contributed by atoms with E-state index in [2.05, 4.69) is 75.4 Å². The molecule has 0 saturated heterocycles. The largest absolute Gasteiger partial charge is 0.0683 e. The van der Waals surface area contributed by atoms with Gasteiger partial charge in [-0.3, -0.25) is 0 Å². The van der Waals surface area contributed by atoms with E-state index in [9.17, 15) is 0 Å². The van der Waals surface area contributed by atoms with Crippen molar-refractivity contribution < 1.29 is 0 Å². The molecule has 0 aromatic heterocycles. The highest BCUT2D eigenvalue weighted by molar-refractivity contribution is 5.77. The summed E-state index contributed by atoms with van der Waals surface area (Å²) in [5.74, 6) is 0. The van der Waals surface area contributed by atoms with Crippen LogP contribution in [0.5, 0.6) is 0 Å². The van der Waals surface area contributed by atoms with Crippen molar-refractivity contribution in [3.05, 3.63) is 76.9 Å². The molecule has 2 aromatic rings. The number of aryl methyl sites for hydroxylation is 1. The lowest BCUT2D eigenvalue weighted by Gasteiger charge is -2.26. The number of allylic oxidation sites excluding steroid dienone is 2. The molecule has 0 heterocycles. The molecular weight excluding hydrogens is 240 g/mol. The average molecular weight is 264 g/mol. The first kappa shape index (κ1) is 14.6. The Labute approximate surface area is 123 Å². The highest BCUT2D eigenvalue weighted by atomic mass is 14.4. The Kier molecular flexibility index (Phi) is 4.13. The molecule has 0 heteroatoms. The molecule has 0 N–H and O–H groups in total. The van der Waals surface area contributed by atoms with Crippen LogP contribution in [0.25, 0.3) is 5.57 Å². The second-order valence-electron chi connectivity index (χ2n) is 5.39. The number of rotatable bonds is 1. The van der Waals surface area contributed by atoms with Crippen molar-refractivity contribution in [2.24, 2.45) is 0 Å². The number of fused-ring (bicyclic) bond motifs is 1. The molecular formula is C20H24. The minimum absolute atomic E-state index is 0.0199. The van der Waals surface area contributed by atoms with E-state index in [1.807, 2.05) is 13.8 Å². The van der Waals surface area contributed by atoms with Crippen LogP contribution in [0.15, 0.2) is 54.6 Å². The van der Waals surface area contributed by atoms with Gasteiger partial charge in [-0.05, 0) is 48.6 Å². The Morgan fingerprint density at radius 1 is 0.750 bits per heavy atom. The van der Waals surface area contributed by atoms with E-state index in [4.69, 9.17) is 0 Å². The van der Waals surface area contributed by atoms with Gasteiger partial charge in [-0.15, -0.1) is 0 Å². The van der Waals surface area contributed by atoms with Gasteiger partial charge in [-0.1, -0.05) is 68.5 Å². The molecule has 20 heavy (non-hydrogen) atoms.